The van der Waals surface area contributed by atoms with Gasteiger partial charge in [0, 0.05) is 26.6 Å². The van der Waals surface area contributed by atoms with Crippen molar-refractivity contribution in [1.82, 2.24) is 5.32 Å². The summed E-state index contributed by atoms with van der Waals surface area (Å²) in [4.78, 5) is 26.4. The number of hydrogen-bond acceptors (Lipinski definition) is 4. The molecular formula is C28H22BrNO4S. The van der Waals surface area contributed by atoms with Crippen molar-refractivity contribution in [2.24, 2.45) is 0 Å². The summed E-state index contributed by atoms with van der Waals surface area (Å²) in [5, 5.41) is 12.2. The molecule has 0 saturated heterocycles. The predicted molar refractivity (Wildman–Crippen MR) is 141 cm³/mol. The minimum atomic E-state index is -1.10. The first-order valence-corrected chi connectivity index (χ1v) is 12.8. The van der Waals surface area contributed by atoms with Crippen molar-refractivity contribution < 1.29 is 19.4 Å². The number of carbonyl (C=O) groups is 2. The van der Waals surface area contributed by atoms with Crippen LogP contribution in [0.25, 0.3) is 21.6 Å². The molecule has 3 aromatic carbocycles. The second-order valence-electron chi connectivity index (χ2n) is 8.34. The van der Waals surface area contributed by atoms with Gasteiger partial charge in [-0.15, -0.1) is 11.3 Å². The van der Waals surface area contributed by atoms with Crippen molar-refractivity contribution in [3.05, 3.63) is 105 Å². The van der Waals surface area contributed by atoms with Crippen LogP contribution in [-0.4, -0.2) is 29.8 Å². The van der Waals surface area contributed by atoms with Crippen LogP contribution in [0.15, 0.2) is 89.4 Å². The Morgan fingerprint density at radius 1 is 0.943 bits per heavy atom. The van der Waals surface area contributed by atoms with Crippen LogP contribution in [0.3, 0.4) is 0 Å². The molecule has 1 aliphatic rings. The van der Waals surface area contributed by atoms with E-state index in [1.165, 1.54) is 11.3 Å². The molecular weight excluding hydrogens is 526 g/mol. The minimum absolute atomic E-state index is 0.0820. The van der Waals surface area contributed by atoms with E-state index in [1.807, 2.05) is 72.8 Å². The highest BCUT2D eigenvalue weighted by Crippen LogP contribution is 2.44. The van der Waals surface area contributed by atoms with Gasteiger partial charge in [0.05, 0.1) is 0 Å². The summed E-state index contributed by atoms with van der Waals surface area (Å²) in [6, 6.07) is 26.9. The lowest BCUT2D eigenvalue weighted by Crippen LogP contribution is -2.42. The molecule has 1 unspecified atom stereocenters. The van der Waals surface area contributed by atoms with Crippen LogP contribution in [0.1, 0.15) is 21.9 Å². The molecule has 5 rings (SSSR count). The molecule has 0 spiro atoms. The van der Waals surface area contributed by atoms with Crippen LogP contribution in [0, 0.1) is 0 Å². The summed E-state index contributed by atoms with van der Waals surface area (Å²) in [5.41, 5.74) is 5.54. The van der Waals surface area contributed by atoms with Crippen LogP contribution in [0.4, 0.5) is 4.79 Å². The molecule has 5 nitrogen and oxygen atoms in total. The lowest BCUT2D eigenvalue weighted by molar-refractivity contribution is -0.139. The zero-order valence-electron chi connectivity index (χ0n) is 18.6. The number of hydrogen-bond donors (Lipinski definition) is 2. The maximum atomic E-state index is 12.6. The monoisotopic (exact) mass is 547 g/mol. The molecule has 0 aliphatic heterocycles. The molecule has 0 bridgehead atoms. The average Bonchev–Trinajstić information content (AvgIpc) is 3.45. The number of nitrogens with one attached hydrogen (secondary N) is 1. The third-order valence-corrected chi connectivity index (χ3v) is 7.76. The van der Waals surface area contributed by atoms with E-state index in [1.54, 1.807) is 0 Å². The van der Waals surface area contributed by atoms with E-state index in [2.05, 4.69) is 33.4 Å². The third-order valence-electron chi connectivity index (χ3n) is 6.11. The van der Waals surface area contributed by atoms with Gasteiger partial charge >= 0.3 is 12.1 Å². The van der Waals surface area contributed by atoms with Gasteiger partial charge in [0.2, 0.25) is 0 Å². The van der Waals surface area contributed by atoms with Crippen LogP contribution in [0.2, 0.25) is 0 Å². The molecule has 35 heavy (non-hydrogen) atoms. The Morgan fingerprint density at radius 2 is 1.63 bits per heavy atom. The zero-order valence-corrected chi connectivity index (χ0v) is 21.0. The van der Waals surface area contributed by atoms with Gasteiger partial charge in [0.15, 0.2) is 0 Å². The fourth-order valence-electron chi connectivity index (χ4n) is 4.47. The summed E-state index contributed by atoms with van der Waals surface area (Å²) >= 11 is 4.98. The molecule has 1 heterocycles. The standard InChI is InChI=1S/C28H22BrNO4S/c29-18-7-5-6-17(14-18)26-13-12-19(35-26)15-25(27(31)32)30-28(33)34-16-24-22-10-3-1-8-20(22)21-9-2-4-11-23(21)24/h1-14,24-25H,15-16H2,(H,30,33)(H,31,32). The fraction of sp³-hybridized carbons (Fsp3) is 0.143. The SMILES string of the molecule is O=C(NC(Cc1ccc(-c2cccc(Br)c2)s1)C(=O)O)OCC1c2ccccc2-c2ccccc21. The number of carboxylic acid groups (broad SMARTS) is 1. The van der Waals surface area contributed by atoms with E-state index in [4.69, 9.17) is 4.74 Å². The molecule has 0 radical (unpaired) electrons. The molecule has 1 aliphatic carbocycles. The molecule has 4 aromatic rings. The number of carboxylic acids is 1. The zero-order chi connectivity index (χ0) is 24.4. The smallest absolute Gasteiger partial charge is 0.407 e. The number of thiophene rings is 1. The van der Waals surface area contributed by atoms with E-state index in [-0.39, 0.29) is 18.9 Å². The first-order chi connectivity index (χ1) is 17.0. The molecule has 176 valence electrons. The van der Waals surface area contributed by atoms with Gasteiger partial charge in [-0.25, -0.2) is 9.59 Å². The minimum Gasteiger partial charge on any atom is -0.480 e. The number of alkyl carbamates (subject to hydrolysis) is 1. The van der Waals surface area contributed by atoms with Gasteiger partial charge in [-0.2, -0.15) is 0 Å². The van der Waals surface area contributed by atoms with Crippen molar-refractivity contribution in [2.75, 3.05) is 6.61 Å². The number of aliphatic carboxylic acids is 1. The molecule has 2 N–H and O–H groups in total. The summed E-state index contributed by atoms with van der Waals surface area (Å²) < 4.78 is 6.51. The summed E-state index contributed by atoms with van der Waals surface area (Å²) in [6.45, 7) is 0.137. The number of amides is 1. The van der Waals surface area contributed by atoms with Crippen LogP contribution in [0.5, 0.6) is 0 Å². The quantitative estimate of drug-likeness (QED) is 0.269. The van der Waals surface area contributed by atoms with Gasteiger partial charge in [-0.1, -0.05) is 76.6 Å². The molecule has 1 atom stereocenters. The van der Waals surface area contributed by atoms with Crippen molar-refractivity contribution in [1.29, 1.82) is 0 Å². The fourth-order valence-corrected chi connectivity index (χ4v) is 5.92. The highest BCUT2D eigenvalue weighted by Gasteiger charge is 2.30. The predicted octanol–water partition coefficient (Wildman–Crippen LogP) is 6.71. The van der Waals surface area contributed by atoms with E-state index in [9.17, 15) is 14.7 Å². The third kappa shape index (κ3) is 5.01. The second-order valence-corrected chi connectivity index (χ2v) is 10.4. The van der Waals surface area contributed by atoms with Gasteiger partial charge in [-0.05, 0) is 52.1 Å². The first-order valence-electron chi connectivity index (χ1n) is 11.2. The molecule has 1 aromatic heterocycles. The van der Waals surface area contributed by atoms with Gasteiger partial charge in [0.25, 0.3) is 0 Å². The Bertz CT molecular complexity index is 1350. The second kappa shape index (κ2) is 10.1. The maximum Gasteiger partial charge on any atom is 0.407 e. The van der Waals surface area contributed by atoms with Crippen LogP contribution < -0.4 is 5.32 Å². The van der Waals surface area contributed by atoms with Gasteiger partial charge in [0.1, 0.15) is 12.6 Å². The number of benzene rings is 3. The Morgan fingerprint density at radius 3 is 2.29 bits per heavy atom. The van der Waals surface area contributed by atoms with E-state index in [0.29, 0.717) is 0 Å². The number of fused-ring (bicyclic) bond motifs is 3. The lowest BCUT2D eigenvalue weighted by Gasteiger charge is -2.17. The summed E-state index contributed by atoms with van der Waals surface area (Å²) in [7, 11) is 0. The van der Waals surface area contributed by atoms with Crippen molar-refractivity contribution in [3.63, 3.8) is 0 Å². The molecule has 7 heteroatoms. The number of ether oxygens (including phenoxy) is 1. The van der Waals surface area contributed by atoms with Crippen LogP contribution >= 0.6 is 27.3 Å². The first kappa shape index (κ1) is 23.3. The Kier molecular flexibility index (Phi) is 6.70. The summed E-state index contributed by atoms with van der Waals surface area (Å²) in [6.07, 6.45) is -0.555. The average molecular weight is 548 g/mol. The van der Waals surface area contributed by atoms with Gasteiger partial charge < -0.3 is 15.2 Å². The number of halogens is 1. The summed E-state index contributed by atoms with van der Waals surface area (Å²) in [5.74, 6) is -1.18. The van der Waals surface area contributed by atoms with E-state index >= 15 is 0 Å². The van der Waals surface area contributed by atoms with Crippen LogP contribution in [-0.2, 0) is 16.0 Å². The molecule has 0 fully saturated rings. The van der Waals surface area contributed by atoms with E-state index < -0.39 is 18.1 Å². The van der Waals surface area contributed by atoms with Crippen molar-refractivity contribution in [3.8, 4) is 21.6 Å². The number of rotatable bonds is 7. The van der Waals surface area contributed by atoms with Gasteiger partial charge in [-0.3, -0.25) is 0 Å². The highest BCUT2D eigenvalue weighted by molar-refractivity contribution is 9.10. The molecule has 1 amide bonds. The number of carbonyl (C=O) groups excluding carboxylic acids is 1. The van der Waals surface area contributed by atoms with E-state index in [0.717, 1.165) is 42.0 Å². The molecule has 0 saturated carbocycles. The lowest BCUT2D eigenvalue weighted by atomic mass is 9.98. The van der Waals surface area contributed by atoms with Crippen molar-refractivity contribution in [2.45, 2.75) is 18.4 Å². The topological polar surface area (TPSA) is 75.6 Å². The maximum absolute atomic E-state index is 12.6. The Labute approximate surface area is 215 Å². The Hall–Kier alpha value is -3.42. The normalized spacial score (nSPS) is 13.1. The van der Waals surface area contributed by atoms with Crippen molar-refractivity contribution >= 4 is 39.3 Å². The Balaban J connectivity index is 1.24. The largest absolute Gasteiger partial charge is 0.480 e. The highest BCUT2D eigenvalue weighted by atomic mass is 79.9.